The van der Waals surface area contributed by atoms with Gasteiger partial charge in [0.2, 0.25) is 11.8 Å². The van der Waals surface area contributed by atoms with Crippen molar-refractivity contribution in [2.45, 2.75) is 32.9 Å². The molecular weight excluding hydrogens is 514 g/mol. The molecule has 206 valence electrons. The summed E-state index contributed by atoms with van der Waals surface area (Å²) >= 11 is 1.27. The zero-order valence-corrected chi connectivity index (χ0v) is 23.4. The van der Waals surface area contributed by atoms with E-state index in [1.54, 1.807) is 36.8 Å². The highest BCUT2D eigenvalue weighted by molar-refractivity contribution is 7.13. The highest BCUT2D eigenvalue weighted by Gasteiger charge is 2.24. The van der Waals surface area contributed by atoms with Gasteiger partial charge in [-0.1, -0.05) is 30.3 Å². The van der Waals surface area contributed by atoms with Crippen molar-refractivity contribution in [3.05, 3.63) is 76.8 Å². The second-order valence-corrected chi connectivity index (χ2v) is 10.6. The predicted octanol–water partition coefficient (Wildman–Crippen LogP) is 3.53. The van der Waals surface area contributed by atoms with Crippen molar-refractivity contribution in [2.24, 2.45) is 0 Å². The Morgan fingerprint density at radius 2 is 1.72 bits per heavy atom. The molecule has 0 unspecified atom stereocenters. The highest BCUT2D eigenvalue weighted by atomic mass is 32.1. The Kier molecular flexibility index (Phi) is 9.67. The number of rotatable bonds is 10. The van der Waals surface area contributed by atoms with Gasteiger partial charge in [-0.2, -0.15) is 0 Å². The zero-order valence-electron chi connectivity index (χ0n) is 22.6. The largest absolute Gasteiger partial charge is 0.497 e. The first-order chi connectivity index (χ1) is 18.8. The highest BCUT2D eigenvalue weighted by Crippen LogP contribution is 2.18. The zero-order chi connectivity index (χ0) is 27.8. The van der Waals surface area contributed by atoms with Crippen LogP contribution < -0.4 is 10.1 Å². The molecule has 4 rings (SSSR count). The fraction of sp³-hybridized carbons (Fsp3) is 0.379. The Bertz CT molecular complexity index is 1250. The average molecular weight is 550 g/mol. The van der Waals surface area contributed by atoms with Gasteiger partial charge in [-0.25, -0.2) is 4.98 Å². The van der Waals surface area contributed by atoms with E-state index in [1.165, 1.54) is 21.8 Å². The number of hydrogen-bond donors (Lipinski definition) is 1. The molecule has 1 fully saturated rings. The van der Waals surface area contributed by atoms with Crippen LogP contribution in [0.3, 0.4) is 0 Å². The molecule has 39 heavy (non-hydrogen) atoms. The minimum absolute atomic E-state index is 0.0357. The molecule has 1 aliphatic heterocycles. The maximum Gasteiger partial charge on any atom is 0.254 e. The van der Waals surface area contributed by atoms with Crippen LogP contribution in [-0.2, 0) is 22.6 Å². The molecule has 10 heteroatoms. The van der Waals surface area contributed by atoms with Crippen LogP contribution in [0.5, 0.6) is 5.75 Å². The molecule has 1 N–H and O–H groups in total. The third kappa shape index (κ3) is 7.87. The Hall–Kier alpha value is -3.76. The number of amides is 3. The van der Waals surface area contributed by atoms with Gasteiger partial charge in [0.25, 0.3) is 5.91 Å². The predicted molar refractivity (Wildman–Crippen MR) is 152 cm³/mol. The summed E-state index contributed by atoms with van der Waals surface area (Å²) in [6.07, 6.45) is 0.194. The van der Waals surface area contributed by atoms with Gasteiger partial charge >= 0.3 is 0 Å². The lowest BCUT2D eigenvalue weighted by atomic mass is 10.1. The maximum absolute atomic E-state index is 13.0. The van der Waals surface area contributed by atoms with Gasteiger partial charge in [-0.3, -0.25) is 19.3 Å². The lowest BCUT2D eigenvalue weighted by Crippen LogP contribution is -2.48. The second kappa shape index (κ2) is 13.3. The molecule has 0 bridgehead atoms. The maximum atomic E-state index is 13.0. The van der Waals surface area contributed by atoms with Gasteiger partial charge in [0, 0.05) is 49.7 Å². The second-order valence-electron chi connectivity index (χ2n) is 9.77. The van der Waals surface area contributed by atoms with E-state index in [0.717, 1.165) is 19.6 Å². The van der Waals surface area contributed by atoms with Crippen molar-refractivity contribution in [3.8, 4) is 5.75 Å². The van der Waals surface area contributed by atoms with E-state index in [1.807, 2.05) is 36.9 Å². The van der Waals surface area contributed by atoms with Gasteiger partial charge in [0.15, 0.2) is 5.13 Å². The summed E-state index contributed by atoms with van der Waals surface area (Å²) in [6.45, 7) is 7.55. The lowest BCUT2D eigenvalue weighted by Gasteiger charge is -2.34. The summed E-state index contributed by atoms with van der Waals surface area (Å²) in [6, 6.07) is 17.0. The number of thiazole rings is 1. The normalized spacial score (nSPS) is 13.8. The summed E-state index contributed by atoms with van der Waals surface area (Å²) < 4.78 is 5.15. The van der Waals surface area contributed by atoms with Gasteiger partial charge in [-0.05, 0) is 43.7 Å². The first kappa shape index (κ1) is 28.3. The van der Waals surface area contributed by atoms with Crippen LogP contribution in [0, 0.1) is 0 Å². The third-order valence-electron chi connectivity index (χ3n) is 6.64. The lowest BCUT2D eigenvalue weighted by molar-refractivity contribution is -0.132. The Labute approximate surface area is 233 Å². The van der Waals surface area contributed by atoms with Crippen LogP contribution in [-0.4, -0.2) is 83.3 Å². The van der Waals surface area contributed by atoms with Gasteiger partial charge in [-0.15, -0.1) is 11.3 Å². The van der Waals surface area contributed by atoms with Crippen LogP contribution in [0.2, 0.25) is 0 Å². The molecule has 1 aromatic heterocycles. The number of ether oxygens (including phenoxy) is 1. The molecule has 2 heterocycles. The summed E-state index contributed by atoms with van der Waals surface area (Å²) in [4.78, 5) is 48.8. The Balaban J connectivity index is 1.25. The quantitative estimate of drug-likeness (QED) is 0.416. The van der Waals surface area contributed by atoms with E-state index in [4.69, 9.17) is 4.74 Å². The molecule has 3 aromatic rings. The van der Waals surface area contributed by atoms with Gasteiger partial charge in [0.1, 0.15) is 12.3 Å². The molecule has 1 aliphatic rings. The molecule has 0 spiro atoms. The molecule has 0 atom stereocenters. The summed E-state index contributed by atoms with van der Waals surface area (Å²) in [5.74, 6) is 0.113. The fourth-order valence-corrected chi connectivity index (χ4v) is 5.14. The summed E-state index contributed by atoms with van der Waals surface area (Å²) in [5, 5.41) is 4.98. The smallest absolute Gasteiger partial charge is 0.254 e. The van der Waals surface area contributed by atoms with Crippen molar-refractivity contribution in [1.82, 2.24) is 19.7 Å². The number of benzene rings is 2. The standard InChI is InChI=1S/C29H35N5O4S/c1-21(2)34(28(37)23-9-11-25(38-3)12-10-23)19-26(35)31-29-30-24(20-39-29)17-27(36)33-15-13-32(14-16-33)18-22-7-5-4-6-8-22/h4-12,20-21H,13-19H2,1-3H3,(H,30,31,35). The monoisotopic (exact) mass is 549 g/mol. The first-order valence-electron chi connectivity index (χ1n) is 13.1. The number of piperazine rings is 1. The molecule has 0 radical (unpaired) electrons. The Morgan fingerprint density at radius 3 is 2.36 bits per heavy atom. The summed E-state index contributed by atoms with van der Waals surface area (Å²) in [7, 11) is 1.57. The van der Waals surface area contributed by atoms with E-state index < -0.39 is 0 Å². The summed E-state index contributed by atoms with van der Waals surface area (Å²) in [5.41, 5.74) is 2.38. The van der Waals surface area contributed by atoms with Crippen molar-refractivity contribution >= 4 is 34.2 Å². The molecule has 9 nitrogen and oxygen atoms in total. The van der Waals surface area contributed by atoms with Crippen LogP contribution in [0.25, 0.3) is 0 Å². The SMILES string of the molecule is COc1ccc(C(=O)N(CC(=O)Nc2nc(CC(=O)N3CCN(Cc4ccccc4)CC3)cs2)C(C)C)cc1. The molecule has 2 aromatic carbocycles. The van der Waals surface area contributed by atoms with Crippen molar-refractivity contribution in [1.29, 1.82) is 0 Å². The minimum Gasteiger partial charge on any atom is -0.497 e. The molecule has 3 amide bonds. The number of carbonyl (C=O) groups excluding carboxylic acids is 3. The topological polar surface area (TPSA) is 95.1 Å². The van der Waals surface area contributed by atoms with E-state index in [2.05, 4.69) is 27.3 Å². The van der Waals surface area contributed by atoms with E-state index >= 15 is 0 Å². The number of carbonyl (C=O) groups is 3. The average Bonchev–Trinajstić information content (AvgIpc) is 3.38. The van der Waals surface area contributed by atoms with E-state index in [0.29, 0.717) is 35.2 Å². The van der Waals surface area contributed by atoms with Crippen LogP contribution in [0.4, 0.5) is 5.13 Å². The molecule has 0 saturated carbocycles. The van der Waals surface area contributed by atoms with Crippen LogP contribution in [0.1, 0.15) is 35.5 Å². The first-order valence-corrected chi connectivity index (χ1v) is 13.9. The molecule has 1 saturated heterocycles. The van der Waals surface area contributed by atoms with Gasteiger partial charge in [0.05, 0.1) is 19.2 Å². The number of methoxy groups -OCH3 is 1. The van der Waals surface area contributed by atoms with Crippen LogP contribution >= 0.6 is 11.3 Å². The van der Waals surface area contributed by atoms with E-state index in [-0.39, 0.29) is 36.7 Å². The number of nitrogens with one attached hydrogen (secondary N) is 1. The fourth-order valence-electron chi connectivity index (χ4n) is 4.41. The van der Waals surface area contributed by atoms with Gasteiger partial charge < -0.3 is 19.9 Å². The third-order valence-corrected chi connectivity index (χ3v) is 7.45. The van der Waals surface area contributed by atoms with Crippen molar-refractivity contribution in [3.63, 3.8) is 0 Å². The molecule has 0 aliphatic carbocycles. The minimum atomic E-state index is -0.340. The number of anilines is 1. The Morgan fingerprint density at radius 1 is 1.03 bits per heavy atom. The molecular formula is C29H35N5O4S. The number of aromatic nitrogens is 1. The van der Waals surface area contributed by atoms with E-state index in [9.17, 15) is 14.4 Å². The van der Waals surface area contributed by atoms with Crippen LogP contribution in [0.15, 0.2) is 60.0 Å². The number of nitrogens with zero attached hydrogens (tertiary/aromatic N) is 4. The van der Waals surface area contributed by atoms with Crippen molar-refractivity contribution in [2.75, 3.05) is 45.2 Å². The van der Waals surface area contributed by atoms with Crippen molar-refractivity contribution < 1.29 is 19.1 Å². The number of hydrogen-bond acceptors (Lipinski definition) is 7.